The van der Waals surface area contributed by atoms with Gasteiger partial charge in [-0.1, -0.05) is 48.3 Å². The van der Waals surface area contributed by atoms with Gasteiger partial charge in [0.2, 0.25) is 21.8 Å². The van der Waals surface area contributed by atoms with Crippen molar-refractivity contribution in [2.24, 2.45) is 0 Å². The first-order valence-electron chi connectivity index (χ1n) is 10.5. The van der Waals surface area contributed by atoms with Gasteiger partial charge in [-0.15, -0.1) is 0 Å². The van der Waals surface area contributed by atoms with Crippen LogP contribution in [-0.4, -0.2) is 50.5 Å². The highest BCUT2D eigenvalue weighted by molar-refractivity contribution is 7.92. The van der Waals surface area contributed by atoms with Crippen molar-refractivity contribution in [2.45, 2.75) is 39.8 Å². The largest absolute Gasteiger partial charge is 0.354 e. The van der Waals surface area contributed by atoms with Gasteiger partial charge in [-0.25, -0.2) is 8.42 Å². The number of anilines is 1. The SMILES string of the molecule is CCCNC(=O)C(C)N(Cc1ccc(Cl)cc1)C(=O)CN(c1cc(Cl)ccc1C)S(C)(=O)=O. The average Bonchev–Trinajstić information content (AvgIpc) is 2.75. The highest BCUT2D eigenvalue weighted by Gasteiger charge is 2.30. The van der Waals surface area contributed by atoms with E-state index in [0.717, 1.165) is 22.5 Å². The van der Waals surface area contributed by atoms with E-state index in [1.807, 2.05) is 6.92 Å². The minimum absolute atomic E-state index is 0.114. The van der Waals surface area contributed by atoms with E-state index >= 15 is 0 Å². The fraction of sp³-hybridized carbons (Fsp3) is 0.391. The fourth-order valence-corrected chi connectivity index (χ4v) is 4.40. The third-order valence-corrected chi connectivity index (χ3v) is 6.72. The molecule has 1 atom stereocenters. The highest BCUT2D eigenvalue weighted by atomic mass is 35.5. The Labute approximate surface area is 205 Å². The van der Waals surface area contributed by atoms with Crippen molar-refractivity contribution >= 4 is 50.7 Å². The van der Waals surface area contributed by atoms with Crippen molar-refractivity contribution in [3.05, 3.63) is 63.6 Å². The summed E-state index contributed by atoms with van der Waals surface area (Å²) < 4.78 is 26.2. The van der Waals surface area contributed by atoms with Gasteiger partial charge in [0.05, 0.1) is 11.9 Å². The molecule has 2 aromatic rings. The molecule has 0 aliphatic heterocycles. The van der Waals surface area contributed by atoms with Gasteiger partial charge in [0.25, 0.3) is 0 Å². The van der Waals surface area contributed by atoms with Crippen LogP contribution < -0.4 is 9.62 Å². The molecule has 0 heterocycles. The number of sulfonamides is 1. The smallest absolute Gasteiger partial charge is 0.244 e. The molecule has 0 aliphatic carbocycles. The van der Waals surface area contributed by atoms with Crippen molar-refractivity contribution in [3.8, 4) is 0 Å². The van der Waals surface area contributed by atoms with Gasteiger partial charge in [0, 0.05) is 23.1 Å². The quantitative estimate of drug-likeness (QED) is 0.519. The van der Waals surface area contributed by atoms with Gasteiger partial charge >= 0.3 is 0 Å². The number of hydrogen-bond donors (Lipinski definition) is 1. The lowest BCUT2D eigenvalue weighted by Gasteiger charge is -2.32. The van der Waals surface area contributed by atoms with E-state index < -0.39 is 28.5 Å². The molecule has 33 heavy (non-hydrogen) atoms. The van der Waals surface area contributed by atoms with Crippen molar-refractivity contribution < 1.29 is 18.0 Å². The first-order valence-corrected chi connectivity index (χ1v) is 13.1. The summed E-state index contributed by atoms with van der Waals surface area (Å²) in [6, 6.07) is 10.9. The summed E-state index contributed by atoms with van der Waals surface area (Å²) in [7, 11) is -3.82. The number of carbonyl (C=O) groups excluding carboxylic acids is 2. The summed E-state index contributed by atoms with van der Waals surface area (Å²) in [4.78, 5) is 27.5. The molecule has 0 saturated heterocycles. The first-order chi connectivity index (χ1) is 15.4. The van der Waals surface area contributed by atoms with Gasteiger partial charge in [-0.3, -0.25) is 13.9 Å². The van der Waals surface area contributed by atoms with E-state index in [2.05, 4.69) is 5.32 Å². The zero-order chi connectivity index (χ0) is 24.8. The van der Waals surface area contributed by atoms with Crippen LogP contribution in [0, 0.1) is 6.92 Å². The van der Waals surface area contributed by atoms with Crippen molar-refractivity contribution in [1.82, 2.24) is 10.2 Å². The number of carbonyl (C=O) groups is 2. The first kappa shape index (κ1) is 27.0. The molecule has 7 nitrogen and oxygen atoms in total. The molecule has 0 bridgehead atoms. The number of nitrogens with one attached hydrogen (secondary N) is 1. The lowest BCUT2D eigenvalue weighted by atomic mass is 10.1. The maximum absolute atomic E-state index is 13.4. The van der Waals surface area contributed by atoms with E-state index in [9.17, 15) is 18.0 Å². The van der Waals surface area contributed by atoms with Gasteiger partial charge in [-0.2, -0.15) is 0 Å². The third kappa shape index (κ3) is 7.62. The number of aryl methyl sites for hydroxylation is 1. The van der Waals surface area contributed by atoms with Crippen LogP contribution >= 0.6 is 23.2 Å². The molecule has 10 heteroatoms. The van der Waals surface area contributed by atoms with Crippen molar-refractivity contribution in [2.75, 3.05) is 23.7 Å². The Bertz CT molecular complexity index is 1090. The van der Waals surface area contributed by atoms with Crippen LogP contribution in [0.4, 0.5) is 5.69 Å². The summed E-state index contributed by atoms with van der Waals surface area (Å²) in [6.45, 7) is 5.40. The Morgan fingerprint density at radius 2 is 1.67 bits per heavy atom. The highest BCUT2D eigenvalue weighted by Crippen LogP contribution is 2.26. The van der Waals surface area contributed by atoms with E-state index in [1.54, 1.807) is 50.2 Å². The third-order valence-electron chi connectivity index (χ3n) is 5.10. The van der Waals surface area contributed by atoms with E-state index in [0.29, 0.717) is 27.8 Å². The standard InChI is InChI=1S/C23H29Cl2N3O4S/c1-5-12-26-23(30)17(3)27(14-18-7-10-19(24)11-8-18)22(29)15-28(33(4,31)32)21-13-20(25)9-6-16(21)2/h6-11,13,17H,5,12,14-15H2,1-4H3,(H,26,30). The lowest BCUT2D eigenvalue weighted by Crippen LogP contribution is -2.51. The zero-order valence-electron chi connectivity index (χ0n) is 19.1. The second-order valence-electron chi connectivity index (χ2n) is 7.82. The number of nitrogens with zero attached hydrogens (tertiary/aromatic N) is 2. The lowest BCUT2D eigenvalue weighted by molar-refractivity contribution is -0.139. The average molecular weight is 514 g/mol. The number of amides is 2. The molecule has 180 valence electrons. The topological polar surface area (TPSA) is 86.8 Å². The number of benzene rings is 2. The van der Waals surface area contributed by atoms with Crippen molar-refractivity contribution in [1.29, 1.82) is 0 Å². The number of halogens is 2. The molecule has 0 radical (unpaired) electrons. The van der Waals surface area contributed by atoms with Crippen LogP contribution in [0.15, 0.2) is 42.5 Å². The summed E-state index contributed by atoms with van der Waals surface area (Å²) >= 11 is 12.1. The Hall–Kier alpha value is -2.29. The molecule has 1 unspecified atom stereocenters. The summed E-state index contributed by atoms with van der Waals surface area (Å²) in [6.07, 6.45) is 1.78. The maximum Gasteiger partial charge on any atom is 0.244 e. The van der Waals surface area contributed by atoms with Gasteiger partial charge < -0.3 is 10.2 Å². The van der Waals surface area contributed by atoms with E-state index in [4.69, 9.17) is 23.2 Å². The second kappa shape index (κ2) is 11.7. The monoisotopic (exact) mass is 513 g/mol. The van der Waals surface area contributed by atoms with Crippen LogP contribution in [0.25, 0.3) is 0 Å². The Kier molecular flexibility index (Phi) is 9.57. The zero-order valence-corrected chi connectivity index (χ0v) is 21.5. The Balaban J connectivity index is 2.40. The van der Waals surface area contributed by atoms with Crippen molar-refractivity contribution in [3.63, 3.8) is 0 Å². The molecular formula is C23H29Cl2N3O4S. The van der Waals surface area contributed by atoms with Crippen LogP contribution in [0.2, 0.25) is 10.0 Å². The molecular weight excluding hydrogens is 485 g/mol. The van der Waals surface area contributed by atoms with Crippen LogP contribution in [0.5, 0.6) is 0 Å². The molecule has 0 aromatic heterocycles. The summed E-state index contributed by atoms with van der Waals surface area (Å²) in [5.74, 6) is -0.835. The minimum atomic E-state index is -3.82. The summed E-state index contributed by atoms with van der Waals surface area (Å²) in [5.41, 5.74) is 1.72. The molecule has 2 rings (SSSR count). The normalized spacial score (nSPS) is 12.2. The van der Waals surface area contributed by atoms with Crippen LogP contribution in [0.1, 0.15) is 31.4 Å². The molecule has 2 aromatic carbocycles. The molecule has 0 fully saturated rings. The van der Waals surface area contributed by atoms with Gasteiger partial charge in [0.1, 0.15) is 12.6 Å². The maximum atomic E-state index is 13.4. The molecule has 0 spiro atoms. The second-order valence-corrected chi connectivity index (χ2v) is 10.6. The molecule has 2 amide bonds. The number of rotatable bonds is 10. The molecule has 0 aliphatic rings. The fourth-order valence-electron chi connectivity index (χ4n) is 3.21. The van der Waals surface area contributed by atoms with Gasteiger partial charge in [-0.05, 0) is 55.7 Å². The minimum Gasteiger partial charge on any atom is -0.354 e. The van der Waals surface area contributed by atoms with E-state index in [-0.39, 0.29) is 12.5 Å². The Morgan fingerprint density at radius 1 is 1.06 bits per heavy atom. The molecule has 0 saturated carbocycles. The molecule has 1 N–H and O–H groups in total. The number of hydrogen-bond acceptors (Lipinski definition) is 4. The predicted octanol–water partition coefficient (Wildman–Crippen LogP) is 4.01. The Morgan fingerprint density at radius 3 is 2.24 bits per heavy atom. The predicted molar refractivity (Wildman–Crippen MR) is 133 cm³/mol. The van der Waals surface area contributed by atoms with E-state index in [1.165, 1.54) is 11.0 Å². The van der Waals surface area contributed by atoms with Crippen LogP contribution in [-0.2, 0) is 26.2 Å². The van der Waals surface area contributed by atoms with Crippen LogP contribution in [0.3, 0.4) is 0 Å². The summed E-state index contributed by atoms with van der Waals surface area (Å²) in [5, 5.41) is 3.69. The van der Waals surface area contributed by atoms with Gasteiger partial charge in [0.15, 0.2) is 0 Å².